The van der Waals surface area contributed by atoms with Gasteiger partial charge in [-0.3, -0.25) is 0 Å². The van der Waals surface area contributed by atoms with Gasteiger partial charge in [0.15, 0.2) is 0 Å². The first kappa shape index (κ1) is 34.4. The van der Waals surface area contributed by atoms with Crippen LogP contribution < -0.4 is 0 Å². The van der Waals surface area contributed by atoms with Crippen LogP contribution >= 0.6 is 25.3 Å². The van der Waals surface area contributed by atoms with E-state index in [4.69, 9.17) is 25.3 Å². The third-order valence-electron chi connectivity index (χ3n) is 8.41. The van der Waals surface area contributed by atoms with Crippen molar-refractivity contribution in [3.8, 4) is 6.07 Å². The van der Waals surface area contributed by atoms with Gasteiger partial charge in [0.05, 0.1) is 17.5 Å². The summed E-state index contributed by atoms with van der Waals surface area (Å²) in [5, 5.41) is 19.3. The van der Waals surface area contributed by atoms with Gasteiger partial charge in [0, 0.05) is 16.8 Å². The first-order chi connectivity index (χ1) is 19.4. The van der Waals surface area contributed by atoms with Crippen LogP contribution in [0.5, 0.6) is 0 Å². The molecule has 0 N–H and O–H groups in total. The Labute approximate surface area is 256 Å². The lowest BCUT2D eigenvalue weighted by atomic mass is 9.73. The predicted molar refractivity (Wildman–Crippen MR) is 177 cm³/mol. The van der Waals surface area contributed by atoms with Crippen LogP contribution in [0.1, 0.15) is 125 Å². The van der Waals surface area contributed by atoms with Gasteiger partial charge in [0.25, 0.3) is 0 Å². The zero-order chi connectivity index (χ0) is 29.2. The molecular weight excluding hydrogens is 527 g/mol. The maximum atomic E-state index is 10.6. The van der Waals surface area contributed by atoms with Crippen molar-refractivity contribution < 1.29 is 0 Å². The molecule has 0 aromatic heterocycles. The molecule has 2 rings (SSSR count). The monoisotopic (exact) mass is 579 g/mol. The number of aryl methyl sites for hydroxylation is 3. The molecule has 0 heterocycles. The van der Waals surface area contributed by atoms with E-state index in [0.717, 1.165) is 65.9 Å². The normalized spacial score (nSPS) is 13.8. The number of hydrogen-bond donors (Lipinski definition) is 2. The van der Waals surface area contributed by atoms with Crippen LogP contribution in [0.2, 0.25) is 0 Å². The van der Waals surface area contributed by atoms with E-state index in [1.807, 2.05) is 0 Å². The van der Waals surface area contributed by atoms with Crippen molar-refractivity contribution in [3.63, 3.8) is 0 Å². The fourth-order valence-corrected chi connectivity index (χ4v) is 6.46. The molecule has 0 radical (unpaired) electrons. The molecule has 2 unspecified atom stereocenters. The maximum Gasteiger partial charge on any atom is 0.0833 e. The van der Waals surface area contributed by atoms with Gasteiger partial charge in [-0.15, -0.1) is 25.3 Å². The van der Waals surface area contributed by atoms with Gasteiger partial charge in [-0.05, 0) is 74.6 Å². The van der Waals surface area contributed by atoms with Crippen LogP contribution in [0.3, 0.4) is 0 Å². The highest BCUT2D eigenvalue weighted by atomic mass is 32.1. The summed E-state index contributed by atoms with van der Waals surface area (Å²) in [6, 6.07) is 15.6. The summed E-state index contributed by atoms with van der Waals surface area (Å²) in [5.41, 5.74) is 4.21. The Hall–Kier alpha value is -1.77. The van der Waals surface area contributed by atoms with Gasteiger partial charge in [-0.2, -0.15) is 15.5 Å². The maximum absolute atomic E-state index is 10.6. The number of hydrogen-bond acceptors (Lipinski definition) is 5. The second kappa shape index (κ2) is 19.4. The van der Waals surface area contributed by atoms with Crippen molar-refractivity contribution in [2.45, 2.75) is 145 Å². The average molecular weight is 580 g/mol. The molecule has 0 bridgehead atoms. The molecule has 0 aliphatic heterocycles. The molecule has 2 aromatic carbocycles. The van der Waals surface area contributed by atoms with E-state index in [1.54, 1.807) is 7.05 Å². The average Bonchev–Trinajstić information content (AvgIpc) is 2.95. The number of nitriles is 1. The first-order valence-corrected chi connectivity index (χ1v) is 16.5. The van der Waals surface area contributed by atoms with Crippen molar-refractivity contribution >= 4 is 25.3 Å². The molecule has 0 aliphatic carbocycles. The van der Waals surface area contributed by atoms with Crippen molar-refractivity contribution in [1.29, 1.82) is 5.26 Å². The molecule has 40 heavy (non-hydrogen) atoms. The van der Waals surface area contributed by atoms with Crippen LogP contribution in [0, 0.1) is 25.2 Å². The van der Waals surface area contributed by atoms with Crippen LogP contribution in [0.25, 0.3) is 0 Å². The lowest BCUT2D eigenvalue weighted by Crippen LogP contribution is -2.26. The summed E-state index contributed by atoms with van der Waals surface area (Å²) < 4.78 is 0. The van der Waals surface area contributed by atoms with E-state index in [1.165, 1.54) is 68.9 Å². The molecule has 0 saturated carbocycles. The summed E-state index contributed by atoms with van der Waals surface area (Å²) in [4.78, 5) is 2.05. The quantitative estimate of drug-likeness (QED) is 0.0914. The number of rotatable bonds is 20. The summed E-state index contributed by atoms with van der Waals surface area (Å²) in [6.07, 6.45) is 18.5. The van der Waals surface area contributed by atoms with Crippen LogP contribution in [-0.4, -0.2) is 13.1 Å². The van der Waals surface area contributed by atoms with Crippen molar-refractivity contribution in [1.82, 2.24) is 0 Å². The number of unbranched alkanes of at least 4 members (excludes halogenated alkanes) is 9. The second-order valence-electron chi connectivity index (χ2n) is 11.6. The number of benzene rings is 2. The summed E-state index contributed by atoms with van der Waals surface area (Å²) in [6.45, 7) is 6.47. The zero-order valence-corrected chi connectivity index (χ0v) is 27.4. The molecule has 220 valence electrons. The fraction of sp³-hybridized carbons (Fsp3) is 0.629. The molecule has 0 amide bonds. The van der Waals surface area contributed by atoms with Gasteiger partial charge >= 0.3 is 0 Å². The Bertz CT molecular complexity index is 1070. The van der Waals surface area contributed by atoms with Crippen LogP contribution in [0.15, 0.2) is 56.4 Å². The zero-order valence-electron chi connectivity index (χ0n) is 25.6. The molecule has 0 aliphatic rings. The predicted octanol–water partition coefficient (Wildman–Crippen LogP) is 11.2. The number of thiol groups is 2. The smallest absolute Gasteiger partial charge is 0.0833 e. The van der Waals surface area contributed by atoms with Crippen LogP contribution in [0.4, 0.5) is 0 Å². The van der Waals surface area contributed by atoms with Gasteiger partial charge in [0.2, 0.25) is 0 Å². The van der Waals surface area contributed by atoms with Crippen LogP contribution in [-0.2, 0) is 11.8 Å². The standard InChI is InChI=1S/C35H53N3S2/c1-5-6-7-8-9-10-11-12-13-14-25-35(27-36,32-22-16-19-29(3)34(32)40)26-17-21-31(38-37-4)24-23-30-20-15-18-28(2)33(30)39/h15-16,18-20,22,31,39-40H,5-14,17,21,23-26H2,1-4H3. The van der Waals surface area contributed by atoms with E-state index in [-0.39, 0.29) is 6.04 Å². The third kappa shape index (κ3) is 11.2. The fourth-order valence-electron chi connectivity index (χ4n) is 5.83. The summed E-state index contributed by atoms with van der Waals surface area (Å²) in [7, 11) is 1.76. The SMILES string of the molecule is CCCCCCCCCCCCC(C#N)(CCCC(CCc1cccc(C)c1S)N=NC)c1cccc(C)c1S. The third-order valence-corrected chi connectivity index (χ3v) is 9.65. The minimum Gasteiger partial charge on any atom is -0.197 e. The molecule has 5 heteroatoms. The number of nitrogens with zero attached hydrogens (tertiary/aromatic N) is 3. The van der Waals surface area contributed by atoms with Crippen molar-refractivity contribution in [2.75, 3.05) is 7.05 Å². The summed E-state index contributed by atoms with van der Waals surface area (Å²) >= 11 is 9.60. The molecule has 0 saturated heterocycles. The Morgan fingerprint density at radius 3 is 1.98 bits per heavy atom. The Balaban J connectivity index is 1.99. The number of azo groups is 1. The Morgan fingerprint density at radius 1 is 0.775 bits per heavy atom. The topological polar surface area (TPSA) is 48.5 Å². The van der Waals surface area contributed by atoms with Crippen molar-refractivity contribution in [3.05, 3.63) is 58.7 Å². The lowest BCUT2D eigenvalue weighted by molar-refractivity contribution is 0.395. The van der Waals surface area contributed by atoms with E-state index in [9.17, 15) is 5.26 Å². The molecule has 0 fully saturated rings. The molecule has 2 aromatic rings. The second-order valence-corrected chi connectivity index (χ2v) is 12.5. The highest BCUT2D eigenvalue weighted by Crippen LogP contribution is 2.40. The molecule has 0 spiro atoms. The highest BCUT2D eigenvalue weighted by molar-refractivity contribution is 7.80. The molecular formula is C35H53N3S2. The van der Waals surface area contributed by atoms with E-state index in [2.05, 4.69) is 73.5 Å². The first-order valence-electron chi connectivity index (χ1n) is 15.6. The Kier molecular flexibility index (Phi) is 16.7. The minimum absolute atomic E-state index is 0.153. The Morgan fingerprint density at radius 2 is 1.35 bits per heavy atom. The van der Waals surface area contributed by atoms with Crippen molar-refractivity contribution in [2.24, 2.45) is 10.2 Å². The minimum atomic E-state index is -0.508. The van der Waals surface area contributed by atoms with E-state index in [0.29, 0.717) is 0 Å². The summed E-state index contributed by atoms with van der Waals surface area (Å²) in [5.74, 6) is 0. The van der Waals surface area contributed by atoms with Gasteiger partial charge in [0.1, 0.15) is 0 Å². The van der Waals surface area contributed by atoms with E-state index < -0.39 is 5.41 Å². The van der Waals surface area contributed by atoms with Gasteiger partial charge in [-0.1, -0.05) is 108 Å². The van der Waals surface area contributed by atoms with Gasteiger partial charge in [-0.25, -0.2) is 0 Å². The largest absolute Gasteiger partial charge is 0.197 e. The molecule has 3 nitrogen and oxygen atoms in total. The lowest BCUT2D eigenvalue weighted by Gasteiger charge is -2.30. The van der Waals surface area contributed by atoms with E-state index >= 15 is 0 Å². The van der Waals surface area contributed by atoms with Gasteiger partial charge < -0.3 is 0 Å². The highest BCUT2D eigenvalue weighted by Gasteiger charge is 2.33. The molecule has 2 atom stereocenters.